The highest BCUT2D eigenvalue weighted by Crippen LogP contribution is 2.01. The van der Waals surface area contributed by atoms with Crippen LogP contribution in [0.3, 0.4) is 0 Å². The van der Waals surface area contributed by atoms with E-state index < -0.39 is 10.7 Å². The summed E-state index contributed by atoms with van der Waals surface area (Å²) in [6.07, 6.45) is 0. The molecule has 4 heteroatoms. The van der Waals surface area contributed by atoms with Crippen molar-refractivity contribution < 1.29 is 8.42 Å². The van der Waals surface area contributed by atoms with Gasteiger partial charge in [0.2, 0.25) is 0 Å². The molecule has 3 nitrogen and oxygen atoms in total. The van der Waals surface area contributed by atoms with Gasteiger partial charge in [-0.15, -0.1) is 0 Å². The van der Waals surface area contributed by atoms with E-state index in [1.165, 1.54) is 0 Å². The first-order chi connectivity index (χ1) is 6.18. The minimum Gasteiger partial charge on any atom is -0.289 e. The molecule has 1 rings (SSSR count). The van der Waals surface area contributed by atoms with Crippen LogP contribution in [0.15, 0.2) is 24.3 Å². The molecule has 1 aromatic carbocycles. The molecule has 13 heavy (non-hydrogen) atoms. The Kier molecular flexibility index (Phi) is 3.92. The fraction of sp³-hybridized carbons (Fsp3) is 0.333. The third-order valence-electron chi connectivity index (χ3n) is 1.60. The first-order valence-electron chi connectivity index (χ1n) is 3.94. The average molecular weight is 198 g/mol. The molecule has 1 aromatic rings. The van der Waals surface area contributed by atoms with Crippen molar-refractivity contribution in [2.45, 2.75) is 6.54 Å². The standard InChI is InChI=1S/C9H12NO2S/c1-10(8-13(11)12)7-9-5-3-2-4-6-9/h3-6,13H,7-8H2,1H3. The van der Waals surface area contributed by atoms with Crippen LogP contribution in [0.1, 0.15) is 5.56 Å². The molecular weight excluding hydrogens is 186 g/mol. The van der Waals surface area contributed by atoms with E-state index in [2.05, 4.69) is 6.07 Å². The highest BCUT2D eigenvalue weighted by atomic mass is 32.2. The molecule has 0 saturated carbocycles. The first kappa shape index (κ1) is 10.2. The van der Waals surface area contributed by atoms with Crippen molar-refractivity contribution >= 4 is 10.7 Å². The lowest BCUT2D eigenvalue weighted by Crippen LogP contribution is -2.19. The second-order valence-electron chi connectivity index (χ2n) is 2.90. The van der Waals surface area contributed by atoms with E-state index in [1.54, 1.807) is 11.9 Å². The zero-order valence-electron chi connectivity index (χ0n) is 7.43. The van der Waals surface area contributed by atoms with Crippen molar-refractivity contribution in [2.75, 3.05) is 12.9 Å². The molecule has 1 radical (unpaired) electrons. The zero-order valence-corrected chi connectivity index (χ0v) is 8.33. The summed E-state index contributed by atoms with van der Waals surface area (Å²) in [7, 11) is -0.538. The molecule has 0 aliphatic carbocycles. The second-order valence-corrected chi connectivity index (χ2v) is 3.84. The molecule has 0 amide bonds. The van der Waals surface area contributed by atoms with Gasteiger partial charge >= 0.3 is 0 Å². The summed E-state index contributed by atoms with van der Waals surface area (Å²) in [6.45, 7) is 0.651. The van der Waals surface area contributed by atoms with Gasteiger partial charge in [0.1, 0.15) is 0 Å². The zero-order chi connectivity index (χ0) is 9.68. The normalized spacial score (nSPS) is 11.0. The third kappa shape index (κ3) is 4.05. The summed E-state index contributed by atoms with van der Waals surface area (Å²) in [5.41, 5.74) is 1.10. The average Bonchev–Trinajstić information content (AvgIpc) is 2.04. The molecule has 0 heterocycles. The Labute approximate surface area is 79.9 Å². The maximum absolute atomic E-state index is 10.4. The largest absolute Gasteiger partial charge is 0.289 e. The fourth-order valence-corrected chi connectivity index (χ4v) is 1.58. The van der Waals surface area contributed by atoms with Gasteiger partial charge < -0.3 is 0 Å². The van der Waals surface area contributed by atoms with Crippen molar-refractivity contribution in [1.29, 1.82) is 0 Å². The van der Waals surface area contributed by atoms with E-state index in [9.17, 15) is 8.42 Å². The van der Waals surface area contributed by atoms with Crippen LogP contribution in [0, 0.1) is 6.07 Å². The van der Waals surface area contributed by atoms with Crippen LogP contribution < -0.4 is 0 Å². The van der Waals surface area contributed by atoms with Gasteiger partial charge in [-0.3, -0.25) is 4.90 Å². The maximum Gasteiger partial charge on any atom is 0.153 e. The molecule has 0 saturated heterocycles. The van der Waals surface area contributed by atoms with Crippen LogP contribution in [-0.4, -0.2) is 26.2 Å². The van der Waals surface area contributed by atoms with Gasteiger partial charge in [0.15, 0.2) is 10.7 Å². The van der Waals surface area contributed by atoms with Crippen LogP contribution >= 0.6 is 0 Å². The number of benzene rings is 1. The van der Waals surface area contributed by atoms with Gasteiger partial charge in [-0.1, -0.05) is 24.3 Å². The predicted molar refractivity (Wildman–Crippen MR) is 51.9 cm³/mol. The Morgan fingerprint density at radius 3 is 2.54 bits per heavy atom. The lowest BCUT2D eigenvalue weighted by molar-refractivity contribution is 0.378. The van der Waals surface area contributed by atoms with Crippen molar-refractivity contribution in [3.05, 3.63) is 35.9 Å². The Hall–Kier alpha value is -0.870. The number of nitrogens with zero attached hydrogens (tertiary/aromatic N) is 1. The number of hydrogen-bond donors (Lipinski definition) is 1. The van der Waals surface area contributed by atoms with Crippen molar-refractivity contribution in [3.8, 4) is 0 Å². The molecule has 0 atom stereocenters. The van der Waals surface area contributed by atoms with E-state index in [0.29, 0.717) is 6.54 Å². The van der Waals surface area contributed by atoms with Crippen molar-refractivity contribution in [1.82, 2.24) is 4.90 Å². The Morgan fingerprint density at radius 1 is 1.38 bits per heavy atom. The molecule has 0 bridgehead atoms. The SMILES string of the molecule is CN(Cc1cc[c]cc1)C[SH](=O)=O. The molecule has 0 aliphatic rings. The van der Waals surface area contributed by atoms with Crippen LogP contribution in [0.2, 0.25) is 0 Å². The van der Waals surface area contributed by atoms with Crippen LogP contribution in [0.4, 0.5) is 0 Å². The molecular formula is C9H12NO2S. The fourth-order valence-electron chi connectivity index (χ4n) is 1.09. The van der Waals surface area contributed by atoms with E-state index in [-0.39, 0.29) is 5.88 Å². The number of rotatable bonds is 4. The summed E-state index contributed by atoms with van der Waals surface area (Å²) < 4.78 is 20.8. The number of thiol groups is 1. The number of hydrogen-bond acceptors (Lipinski definition) is 3. The van der Waals surface area contributed by atoms with E-state index in [0.717, 1.165) is 5.56 Å². The van der Waals surface area contributed by atoms with E-state index >= 15 is 0 Å². The predicted octanol–water partition coefficient (Wildman–Crippen LogP) is 0.487. The van der Waals surface area contributed by atoms with E-state index in [4.69, 9.17) is 0 Å². The topological polar surface area (TPSA) is 37.4 Å². The highest BCUT2D eigenvalue weighted by molar-refractivity contribution is 7.72. The molecule has 71 valence electrons. The first-order valence-corrected chi connectivity index (χ1v) is 5.30. The Bertz CT molecular complexity index is 314. The van der Waals surface area contributed by atoms with Gasteiger partial charge in [0.05, 0.1) is 5.88 Å². The molecule has 0 spiro atoms. The van der Waals surface area contributed by atoms with Gasteiger partial charge in [-0.2, -0.15) is 0 Å². The summed E-state index contributed by atoms with van der Waals surface area (Å²) in [6, 6.07) is 10.4. The third-order valence-corrected chi connectivity index (χ3v) is 2.31. The smallest absolute Gasteiger partial charge is 0.153 e. The van der Waals surface area contributed by atoms with Crippen LogP contribution in [0.25, 0.3) is 0 Å². The summed E-state index contributed by atoms with van der Waals surface area (Å²) >= 11 is 0. The Morgan fingerprint density at radius 2 is 2.00 bits per heavy atom. The molecule has 0 aliphatic heterocycles. The van der Waals surface area contributed by atoms with E-state index in [1.807, 2.05) is 24.3 Å². The maximum atomic E-state index is 10.4. The van der Waals surface area contributed by atoms with Crippen molar-refractivity contribution in [2.24, 2.45) is 0 Å². The lowest BCUT2D eigenvalue weighted by Gasteiger charge is -2.12. The lowest BCUT2D eigenvalue weighted by atomic mass is 10.2. The minimum absolute atomic E-state index is 0.105. The molecule has 0 aromatic heterocycles. The Balaban J connectivity index is 2.50. The summed E-state index contributed by atoms with van der Waals surface area (Å²) in [5, 5.41) is 0. The van der Waals surface area contributed by atoms with Gasteiger partial charge in [0.25, 0.3) is 0 Å². The van der Waals surface area contributed by atoms with Gasteiger partial charge in [-0.25, -0.2) is 8.42 Å². The molecule has 0 N–H and O–H groups in total. The van der Waals surface area contributed by atoms with Crippen molar-refractivity contribution in [3.63, 3.8) is 0 Å². The van der Waals surface area contributed by atoms with Gasteiger partial charge in [0, 0.05) is 6.54 Å². The van der Waals surface area contributed by atoms with Crippen LogP contribution in [-0.2, 0) is 17.2 Å². The minimum atomic E-state index is -2.32. The highest BCUT2D eigenvalue weighted by Gasteiger charge is 1.99. The summed E-state index contributed by atoms with van der Waals surface area (Å²) in [4.78, 5) is 1.75. The second kappa shape index (κ2) is 4.99. The molecule has 0 fully saturated rings. The monoisotopic (exact) mass is 198 g/mol. The van der Waals surface area contributed by atoms with Crippen LogP contribution in [0.5, 0.6) is 0 Å². The summed E-state index contributed by atoms with van der Waals surface area (Å²) in [5.74, 6) is 0.105. The quantitative estimate of drug-likeness (QED) is 0.715. The molecule has 0 unspecified atom stereocenters. The van der Waals surface area contributed by atoms with Gasteiger partial charge in [-0.05, 0) is 18.7 Å².